The van der Waals surface area contributed by atoms with Crippen molar-refractivity contribution in [2.24, 2.45) is 0 Å². The largest absolute Gasteiger partial charge is 0.493 e. The highest BCUT2D eigenvalue weighted by Gasteiger charge is 2.13. The minimum atomic E-state index is -0.579. The van der Waals surface area contributed by atoms with Crippen molar-refractivity contribution in [3.8, 4) is 17.6 Å². The summed E-state index contributed by atoms with van der Waals surface area (Å²) in [6, 6.07) is 21.0. The topological polar surface area (TPSA) is 97.7 Å². The highest BCUT2D eigenvalue weighted by atomic mass is 79.9. The van der Waals surface area contributed by atoms with Gasteiger partial charge in [0.05, 0.1) is 19.3 Å². The van der Waals surface area contributed by atoms with Gasteiger partial charge in [0.1, 0.15) is 18.2 Å². The van der Waals surface area contributed by atoms with E-state index in [-0.39, 0.29) is 12.2 Å². The first-order valence-electron chi connectivity index (χ1n) is 10.7. The Labute approximate surface area is 212 Å². The maximum Gasteiger partial charge on any atom is 0.338 e. The minimum absolute atomic E-state index is 0.0941. The molecule has 3 aromatic rings. The number of ether oxygens (including phenoxy) is 3. The van der Waals surface area contributed by atoms with Crippen LogP contribution >= 0.6 is 15.9 Å². The standard InChI is InChI=1S/C27H23BrN2O5/c1-3-34-27(32)19-9-11-22(12-10-19)30-26(31)21(16-29)14-18-8-13-24(25(15-18)33-2)35-17-20-6-4-5-7-23(20)28/h4-15H,3,17H2,1-2H3,(H,30,31)/b21-14+. The van der Waals surface area contributed by atoms with Gasteiger partial charge in [-0.2, -0.15) is 5.26 Å². The summed E-state index contributed by atoms with van der Waals surface area (Å²) in [4.78, 5) is 24.4. The lowest BCUT2D eigenvalue weighted by Crippen LogP contribution is -2.13. The average Bonchev–Trinajstić information content (AvgIpc) is 2.87. The van der Waals surface area contributed by atoms with Gasteiger partial charge in [-0.15, -0.1) is 0 Å². The molecule has 0 heterocycles. The number of carbonyl (C=O) groups is 2. The molecule has 0 bridgehead atoms. The van der Waals surface area contributed by atoms with Crippen LogP contribution in [-0.4, -0.2) is 25.6 Å². The molecule has 35 heavy (non-hydrogen) atoms. The van der Waals surface area contributed by atoms with Gasteiger partial charge in [-0.3, -0.25) is 4.79 Å². The molecule has 0 atom stereocenters. The fourth-order valence-electron chi connectivity index (χ4n) is 3.08. The number of anilines is 1. The molecule has 3 rings (SSSR count). The minimum Gasteiger partial charge on any atom is -0.493 e. The second-order valence-electron chi connectivity index (χ2n) is 7.21. The van der Waals surface area contributed by atoms with Gasteiger partial charge in [-0.05, 0) is 61.0 Å². The highest BCUT2D eigenvalue weighted by Crippen LogP contribution is 2.30. The SMILES string of the molecule is CCOC(=O)c1ccc(NC(=O)/C(C#N)=C/c2ccc(OCc3ccccc3Br)c(OC)c2)cc1. The summed E-state index contributed by atoms with van der Waals surface area (Å²) >= 11 is 3.50. The Balaban J connectivity index is 1.71. The lowest BCUT2D eigenvalue weighted by molar-refractivity contribution is -0.112. The molecule has 0 aliphatic carbocycles. The van der Waals surface area contributed by atoms with Crippen LogP contribution in [0, 0.1) is 11.3 Å². The summed E-state index contributed by atoms with van der Waals surface area (Å²) in [5.41, 5.74) is 2.30. The van der Waals surface area contributed by atoms with Gasteiger partial charge in [0.25, 0.3) is 5.91 Å². The van der Waals surface area contributed by atoms with Crippen molar-refractivity contribution in [3.05, 3.63) is 93.5 Å². The van der Waals surface area contributed by atoms with E-state index in [0.29, 0.717) is 34.9 Å². The lowest BCUT2D eigenvalue weighted by Gasteiger charge is -2.12. The molecular weight excluding hydrogens is 512 g/mol. The quantitative estimate of drug-likeness (QED) is 0.213. The zero-order valence-electron chi connectivity index (χ0n) is 19.2. The molecule has 1 N–H and O–H groups in total. The Morgan fingerprint density at radius 3 is 2.46 bits per heavy atom. The molecule has 0 aliphatic heterocycles. The Morgan fingerprint density at radius 1 is 1.06 bits per heavy atom. The third kappa shape index (κ3) is 6.95. The van der Waals surface area contributed by atoms with Crippen LogP contribution in [0.3, 0.4) is 0 Å². The maximum atomic E-state index is 12.6. The molecule has 0 unspecified atom stereocenters. The average molecular weight is 535 g/mol. The zero-order valence-corrected chi connectivity index (χ0v) is 20.8. The van der Waals surface area contributed by atoms with Gasteiger partial charge >= 0.3 is 5.97 Å². The number of nitrogens with zero attached hydrogens (tertiary/aromatic N) is 1. The third-order valence-electron chi connectivity index (χ3n) is 4.86. The van der Waals surface area contributed by atoms with E-state index in [0.717, 1.165) is 10.0 Å². The van der Waals surface area contributed by atoms with Gasteiger partial charge in [0, 0.05) is 15.7 Å². The monoisotopic (exact) mass is 534 g/mol. The van der Waals surface area contributed by atoms with E-state index in [4.69, 9.17) is 14.2 Å². The number of esters is 1. The molecular formula is C27H23BrN2O5. The fourth-order valence-corrected chi connectivity index (χ4v) is 3.48. The van der Waals surface area contributed by atoms with Crippen LogP contribution in [0.1, 0.15) is 28.4 Å². The molecule has 0 fully saturated rings. The second-order valence-corrected chi connectivity index (χ2v) is 8.07. The first kappa shape index (κ1) is 25.5. The van der Waals surface area contributed by atoms with E-state index in [9.17, 15) is 14.9 Å². The first-order chi connectivity index (χ1) is 16.9. The molecule has 0 aliphatic rings. The van der Waals surface area contributed by atoms with E-state index < -0.39 is 11.9 Å². The van der Waals surface area contributed by atoms with Crippen molar-refractivity contribution in [1.82, 2.24) is 0 Å². The molecule has 8 heteroatoms. The van der Waals surface area contributed by atoms with Crippen LogP contribution in [0.15, 0.2) is 76.8 Å². The van der Waals surface area contributed by atoms with Crippen LogP contribution in [-0.2, 0) is 16.1 Å². The van der Waals surface area contributed by atoms with Gasteiger partial charge in [-0.25, -0.2) is 4.79 Å². The Kier molecular flexibility index (Phi) is 9.04. The number of hydrogen-bond acceptors (Lipinski definition) is 6. The lowest BCUT2D eigenvalue weighted by atomic mass is 10.1. The van der Waals surface area contributed by atoms with Crippen LogP contribution in [0.25, 0.3) is 6.08 Å². The first-order valence-corrected chi connectivity index (χ1v) is 11.5. The summed E-state index contributed by atoms with van der Waals surface area (Å²) in [6.45, 7) is 2.34. The predicted octanol–water partition coefficient (Wildman–Crippen LogP) is 5.76. The number of rotatable bonds is 9. The number of amides is 1. The van der Waals surface area contributed by atoms with Gasteiger partial charge in [-0.1, -0.05) is 40.2 Å². The van der Waals surface area contributed by atoms with Gasteiger partial charge in [0.15, 0.2) is 11.5 Å². The summed E-state index contributed by atoms with van der Waals surface area (Å²) in [5.74, 6) is -0.0199. The Hall–Kier alpha value is -4.09. The number of nitrogens with one attached hydrogen (secondary N) is 1. The second kappa shape index (κ2) is 12.4. The molecule has 0 saturated carbocycles. The van der Waals surface area contributed by atoms with Crippen LogP contribution in [0.2, 0.25) is 0 Å². The van der Waals surface area contributed by atoms with Crippen molar-refractivity contribution in [2.75, 3.05) is 19.0 Å². The number of halogens is 1. The Morgan fingerprint density at radius 2 is 1.80 bits per heavy atom. The van der Waals surface area contributed by atoms with Gasteiger partial charge in [0.2, 0.25) is 0 Å². The van der Waals surface area contributed by atoms with Crippen molar-refractivity contribution < 1.29 is 23.8 Å². The summed E-state index contributed by atoms with van der Waals surface area (Å²) < 4.78 is 17.2. The van der Waals surface area contributed by atoms with Crippen LogP contribution in [0.5, 0.6) is 11.5 Å². The molecule has 178 valence electrons. The summed E-state index contributed by atoms with van der Waals surface area (Å²) in [6.07, 6.45) is 1.46. The molecule has 7 nitrogen and oxygen atoms in total. The van der Waals surface area contributed by atoms with Crippen LogP contribution in [0.4, 0.5) is 5.69 Å². The Bertz CT molecular complexity index is 1280. The van der Waals surface area contributed by atoms with E-state index in [2.05, 4.69) is 21.2 Å². The molecule has 0 aromatic heterocycles. The van der Waals surface area contributed by atoms with Crippen molar-refractivity contribution >= 4 is 39.6 Å². The van der Waals surface area contributed by atoms with Crippen molar-refractivity contribution in [2.45, 2.75) is 13.5 Å². The van der Waals surface area contributed by atoms with E-state index in [1.165, 1.54) is 13.2 Å². The van der Waals surface area contributed by atoms with Crippen molar-refractivity contribution in [1.29, 1.82) is 5.26 Å². The maximum absolute atomic E-state index is 12.6. The van der Waals surface area contributed by atoms with E-state index in [1.54, 1.807) is 49.4 Å². The summed E-state index contributed by atoms with van der Waals surface area (Å²) in [5, 5.41) is 12.2. The number of methoxy groups -OCH3 is 1. The zero-order chi connectivity index (χ0) is 25.2. The normalized spacial score (nSPS) is 10.7. The number of carbonyl (C=O) groups excluding carboxylic acids is 2. The summed E-state index contributed by atoms with van der Waals surface area (Å²) in [7, 11) is 1.52. The van der Waals surface area contributed by atoms with Crippen LogP contribution < -0.4 is 14.8 Å². The molecule has 0 saturated heterocycles. The van der Waals surface area contributed by atoms with Gasteiger partial charge < -0.3 is 19.5 Å². The molecule has 0 radical (unpaired) electrons. The molecule has 0 spiro atoms. The number of benzene rings is 3. The van der Waals surface area contributed by atoms with Crippen molar-refractivity contribution in [3.63, 3.8) is 0 Å². The number of nitriles is 1. The smallest absolute Gasteiger partial charge is 0.338 e. The predicted molar refractivity (Wildman–Crippen MR) is 136 cm³/mol. The van der Waals surface area contributed by atoms with E-state index >= 15 is 0 Å². The number of hydrogen-bond donors (Lipinski definition) is 1. The molecule has 3 aromatic carbocycles. The molecule has 1 amide bonds. The third-order valence-corrected chi connectivity index (χ3v) is 5.63. The fraction of sp³-hybridized carbons (Fsp3) is 0.148. The van der Waals surface area contributed by atoms with E-state index in [1.807, 2.05) is 30.3 Å². The highest BCUT2D eigenvalue weighted by molar-refractivity contribution is 9.10.